The van der Waals surface area contributed by atoms with Crippen molar-refractivity contribution in [3.63, 3.8) is 0 Å². The van der Waals surface area contributed by atoms with Crippen molar-refractivity contribution in [3.05, 3.63) is 296 Å². The molecule has 406 valence electrons. The maximum Gasteiger partial charge on any atom is 0.417 e. The Morgan fingerprint density at radius 3 is 1.00 bits per heavy atom. The van der Waals surface area contributed by atoms with Crippen LogP contribution in [0.15, 0.2) is 285 Å². The van der Waals surface area contributed by atoms with E-state index in [2.05, 4.69) is 137 Å². The number of alkyl halides is 3. The van der Waals surface area contributed by atoms with Gasteiger partial charge in [0, 0.05) is 49.6 Å². The predicted octanol–water partition coefficient (Wildman–Crippen LogP) is 20.3. The van der Waals surface area contributed by atoms with Gasteiger partial charge >= 0.3 is 6.18 Å². The first kappa shape index (κ1) is 51.4. The molecule has 6 nitrogen and oxygen atoms in total. The average molecular weight is 1110 g/mol. The summed E-state index contributed by atoms with van der Waals surface area (Å²) >= 11 is 0. The summed E-state index contributed by atoms with van der Waals surface area (Å²) in [4.78, 5) is 15.6. The molecule has 0 aliphatic rings. The molecule has 0 saturated carbocycles. The number of rotatable bonds is 10. The summed E-state index contributed by atoms with van der Waals surface area (Å²) in [6, 6.07) is 95.6. The van der Waals surface area contributed by atoms with Crippen LogP contribution < -0.4 is 0 Å². The number of hydrogen-bond donors (Lipinski definition) is 0. The molecular formula is C77H47F3N6. The smallest absolute Gasteiger partial charge is 0.309 e. The summed E-state index contributed by atoms with van der Waals surface area (Å²) in [7, 11) is 0. The third-order valence-corrected chi connectivity index (χ3v) is 16.2. The highest BCUT2D eigenvalue weighted by Crippen LogP contribution is 2.44. The van der Waals surface area contributed by atoms with Crippen molar-refractivity contribution in [3.8, 4) is 107 Å². The van der Waals surface area contributed by atoms with Crippen molar-refractivity contribution < 1.29 is 13.2 Å². The average Bonchev–Trinajstić information content (AvgIpc) is 1.68. The molecule has 9 heteroatoms. The molecule has 0 atom stereocenters. The van der Waals surface area contributed by atoms with Crippen molar-refractivity contribution >= 4 is 43.6 Å². The van der Waals surface area contributed by atoms with Crippen molar-refractivity contribution in [1.29, 1.82) is 5.26 Å². The SMILES string of the molecule is N#Cc1cc(-c2nc(-c3ccccc3)nc(-c3cc(-c4ccccc4C(F)(F)F)cc(-n4c5ccc(-c6ccccc6)cc5c5cc(-c6ccccc6)ccc54)c3)n2)cc(-n2c3ccc(-c4ccccc4)cc3c3cc(-c4ccccc4)ccc32)c1. The highest BCUT2D eigenvalue weighted by Gasteiger charge is 2.34. The Morgan fingerprint density at radius 1 is 0.291 bits per heavy atom. The van der Waals surface area contributed by atoms with Gasteiger partial charge in [-0.2, -0.15) is 18.4 Å². The van der Waals surface area contributed by atoms with Crippen LogP contribution in [0.1, 0.15) is 11.1 Å². The van der Waals surface area contributed by atoms with E-state index in [9.17, 15) is 5.26 Å². The van der Waals surface area contributed by atoms with Gasteiger partial charge in [0.2, 0.25) is 0 Å². The molecule has 0 bridgehead atoms. The van der Waals surface area contributed by atoms with Gasteiger partial charge in [-0.1, -0.05) is 194 Å². The largest absolute Gasteiger partial charge is 0.417 e. The van der Waals surface area contributed by atoms with Crippen LogP contribution in [0.5, 0.6) is 0 Å². The third-order valence-electron chi connectivity index (χ3n) is 16.2. The van der Waals surface area contributed by atoms with Gasteiger partial charge in [-0.15, -0.1) is 0 Å². The zero-order valence-electron chi connectivity index (χ0n) is 46.0. The van der Waals surface area contributed by atoms with Crippen molar-refractivity contribution in [2.75, 3.05) is 0 Å². The van der Waals surface area contributed by atoms with Gasteiger partial charge in [0.1, 0.15) is 0 Å². The van der Waals surface area contributed by atoms with Crippen LogP contribution in [0.4, 0.5) is 13.2 Å². The zero-order chi connectivity index (χ0) is 57.9. The van der Waals surface area contributed by atoms with Gasteiger partial charge in [0.25, 0.3) is 0 Å². The van der Waals surface area contributed by atoms with E-state index >= 15 is 13.2 Å². The number of benzene rings is 12. The number of hydrogen-bond acceptors (Lipinski definition) is 4. The highest BCUT2D eigenvalue weighted by atomic mass is 19.4. The highest BCUT2D eigenvalue weighted by molar-refractivity contribution is 6.13. The van der Waals surface area contributed by atoms with E-state index in [0.717, 1.165) is 94.2 Å². The van der Waals surface area contributed by atoms with Crippen LogP contribution in [-0.4, -0.2) is 24.1 Å². The first-order chi connectivity index (χ1) is 42.2. The monoisotopic (exact) mass is 1110 g/mol. The molecule has 0 aliphatic heterocycles. The normalized spacial score (nSPS) is 11.7. The Bertz CT molecular complexity index is 4950. The lowest BCUT2D eigenvalue weighted by Gasteiger charge is -2.17. The fraction of sp³-hybridized carbons (Fsp3) is 0.0130. The molecule has 3 aromatic heterocycles. The summed E-state index contributed by atoms with van der Waals surface area (Å²) < 4.78 is 50.1. The minimum atomic E-state index is -4.67. The summed E-state index contributed by atoms with van der Waals surface area (Å²) in [5.41, 5.74) is 15.0. The second-order valence-electron chi connectivity index (χ2n) is 21.4. The second-order valence-corrected chi connectivity index (χ2v) is 21.4. The molecule has 0 amide bonds. The topological polar surface area (TPSA) is 72.3 Å². The Morgan fingerprint density at radius 2 is 0.616 bits per heavy atom. The van der Waals surface area contributed by atoms with Crippen LogP contribution in [-0.2, 0) is 6.18 Å². The lowest BCUT2D eigenvalue weighted by atomic mass is 9.96. The number of nitriles is 1. The maximum atomic E-state index is 15.3. The Hall–Kier alpha value is -11.5. The van der Waals surface area contributed by atoms with Crippen LogP contribution in [0.2, 0.25) is 0 Å². The molecule has 15 rings (SSSR count). The summed E-state index contributed by atoms with van der Waals surface area (Å²) in [6.45, 7) is 0. The quantitative estimate of drug-likeness (QED) is 0.137. The minimum absolute atomic E-state index is 0.00322. The lowest BCUT2D eigenvalue weighted by Crippen LogP contribution is -2.07. The van der Waals surface area contributed by atoms with Crippen LogP contribution in [0.3, 0.4) is 0 Å². The van der Waals surface area contributed by atoms with Crippen molar-refractivity contribution in [1.82, 2.24) is 24.1 Å². The summed E-state index contributed by atoms with van der Waals surface area (Å²) in [5.74, 6) is 0.837. The lowest BCUT2D eigenvalue weighted by molar-refractivity contribution is -0.137. The van der Waals surface area contributed by atoms with E-state index in [0.29, 0.717) is 45.0 Å². The van der Waals surface area contributed by atoms with Gasteiger partial charge in [-0.05, 0) is 147 Å². The molecule has 12 aromatic carbocycles. The molecule has 0 aliphatic carbocycles. The van der Waals surface area contributed by atoms with Gasteiger partial charge in [0.15, 0.2) is 17.5 Å². The maximum absolute atomic E-state index is 15.3. The van der Waals surface area contributed by atoms with Crippen molar-refractivity contribution in [2.45, 2.75) is 6.18 Å². The van der Waals surface area contributed by atoms with E-state index in [1.165, 1.54) is 12.1 Å². The predicted molar refractivity (Wildman–Crippen MR) is 342 cm³/mol. The molecule has 0 saturated heterocycles. The third kappa shape index (κ3) is 9.32. The van der Waals surface area contributed by atoms with Crippen molar-refractivity contribution in [2.24, 2.45) is 0 Å². The van der Waals surface area contributed by atoms with E-state index in [1.807, 2.05) is 127 Å². The number of halogens is 3. The first-order valence-corrected chi connectivity index (χ1v) is 28.3. The molecule has 0 N–H and O–H groups in total. The fourth-order valence-corrected chi connectivity index (χ4v) is 12.1. The van der Waals surface area contributed by atoms with Crippen LogP contribution in [0.25, 0.3) is 145 Å². The van der Waals surface area contributed by atoms with Crippen LogP contribution >= 0.6 is 0 Å². The van der Waals surface area contributed by atoms with Gasteiger partial charge in [-0.3, -0.25) is 0 Å². The number of fused-ring (bicyclic) bond motifs is 6. The van der Waals surface area contributed by atoms with Gasteiger partial charge in [-0.25, -0.2) is 15.0 Å². The Balaban J connectivity index is 0.961. The molecular weight excluding hydrogens is 1070 g/mol. The molecule has 0 radical (unpaired) electrons. The zero-order valence-corrected chi connectivity index (χ0v) is 46.0. The van der Waals surface area contributed by atoms with Crippen LogP contribution in [0, 0.1) is 11.3 Å². The molecule has 0 spiro atoms. The fourth-order valence-electron chi connectivity index (χ4n) is 12.1. The molecule has 86 heavy (non-hydrogen) atoms. The minimum Gasteiger partial charge on any atom is -0.309 e. The molecule has 0 fully saturated rings. The summed E-state index contributed by atoms with van der Waals surface area (Å²) in [6.07, 6.45) is -4.67. The molecule has 0 unspecified atom stereocenters. The molecule has 3 heterocycles. The Labute approximate surface area is 493 Å². The molecule has 15 aromatic rings. The standard InChI is InChI=1S/C77H47F3N6/c78-77(79,80)69-29-17-16-28-64(69)59-40-61(43-63(41-59)86-72-36-32-57(52-22-10-3-11-23-52)46-67(72)68-47-58(33-37-73(68)86)53-24-12-4-13-25-53)76-83-74(54-26-14-5-15-27-54)82-75(84-76)60-38-49(48-81)39-62(42-60)85-70-34-30-55(50-18-6-1-7-19-50)44-65(70)66-45-56(31-35-71(66)85)51-20-8-2-9-21-51/h1-47H. The van der Waals surface area contributed by atoms with E-state index < -0.39 is 11.7 Å². The van der Waals surface area contributed by atoms with E-state index in [-0.39, 0.29) is 17.2 Å². The number of aromatic nitrogens is 5. The van der Waals surface area contributed by atoms with Gasteiger partial charge < -0.3 is 9.13 Å². The van der Waals surface area contributed by atoms with E-state index in [1.54, 1.807) is 18.2 Å². The summed E-state index contributed by atoms with van der Waals surface area (Å²) in [5, 5.41) is 14.9. The number of nitrogens with zero attached hydrogens (tertiary/aromatic N) is 6. The first-order valence-electron chi connectivity index (χ1n) is 28.3. The Kier molecular flexibility index (Phi) is 12.6. The second kappa shape index (κ2) is 21.1. The van der Waals surface area contributed by atoms with Gasteiger partial charge in [0.05, 0.1) is 39.3 Å². The van der Waals surface area contributed by atoms with E-state index in [4.69, 9.17) is 15.0 Å².